The predicted molar refractivity (Wildman–Crippen MR) is 68.2 cm³/mol. The summed E-state index contributed by atoms with van der Waals surface area (Å²) in [5.41, 5.74) is 3.76. The molecule has 1 N–H and O–H groups in total. The Hall–Kier alpha value is -1.16. The lowest BCUT2D eigenvalue weighted by molar-refractivity contribution is 0.560. The number of piperidine rings is 1. The molecule has 0 aromatic carbocycles. The van der Waals surface area contributed by atoms with Gasteiger partial charge in [0.2, 0.25) is 5.95 Å². The lowest BCUT2D eigenvalue weighted by atomic mass is 10.1. The maximum absolute atomic E-state index is 4.75. The Labute approximate surface area is 102 Å². The van der Waals surface area contributed by atoms with Crippen molar-refractivity contribution in [1.29, 1.82) is 0 Å². The zero-order valence-electron chi connectivity index (χ0n) is 10.5. The maximum atomic E-state index is 4.75. The van der Waals surface area contributed by atoms with Gasteiger partial charge in [-0.15, -0.1) is 0 Å². The fourth-order valence-corrected chi connectivity index (χ4v) is 2.77. The normalized spacial score (nSPS) is 20.2. The number of fused-ring (bicyclic) bond motifs is 1. The quantitative estimate of drug-likeness (QED) is 0.795. The highest BCUT2D eigenvalue weighted by Crippen LogP contribution is 2.21. The first kappa shape index (κ1) is 11.0. The van der Waals surface area contributed by atoms with E-state index in [4.69, 9.17) is 9.97 Å². The molecule has 0 bridgehead atoms. The molecule has 2 aliphatic rings. The molecule has 0 radical (unpaired) electrons. The van der Waals surface area contributed by atoms with Gasteiger partial charge < -0.3 is 10.2 Å². The Balaban J connectivity index is 1.92. The average Bonchev–Trinajstić information content (AvgIpc) is 2.40. The number of aromatic nitrogens is 2. The molecule has 3 heterocycles. The first-order valence-electron chi connectivity index (χ1n) is 6.66. The molecule has 0 spiro atoms. The molecule has 4 nitrogen and oxygen atoms in total. The molecule has 3 rings (SSSR count). The van der Waals surface area contributed by atoms with E-state index >= 15 is 0 Å². The van der Waals surface area contributed by atoms with Crippen LogP contribution in [0.15, 0.2) is 0 Å². The fraction of sp³-hybridized carbons (Fsp3) is 0.692. The molecule has 0 aliphatic carbocycles. The summed E-state index contributed by atoms with van der Waals surface area (Å²) in [6.45, 7) is 6.32. The number of rotatable bonds is 1. The van der Waals surface area contributed by atoms with E-state index in [1.807, 2.05) is 0 Å². The second-order valence-corrected chi connectivity index (χ2v) is 5.01. The summed E-state index contributed by atoms with van der Waals surface area (Å²) in [6, 6.07) is 0. The van der Waals surface area contributed by atoms with Gasteiger partial charge in [0.05, 0.1) is 5.69 Å². The molecule has 1 saturated heterocycles. The molecule has 17 heavy (non-hydrogen) atoms. The van der Waals surface area contributed by atoms with Crippen molar-refractivity contribution in [3.05, 3.63) is 17.0 Å². The smallest absolute Gasteiger partial charge is 0.225 e. The second kappa shape index (κ2) is 4.61. The average molecular weight is 232 g/mol. The standard InChI is InChI=1S/C13H20N4/c1-10-11-5-6-14-9-12(11)16-13(15-10)17-7-3-2-4-8-17/h14H,2-9H2,1H3. The third kappa shape index (κ3) is 2.14. The molecule has 1 fully saturated rings. The van der Waals surface area contributed by atoms with Crippen LogP contribution in [0.1, 0.15) is 36.2 Å². The van der Waals surface area contributed by atoms with E-state index in [1.54, 1.807) is 0 Å². The Morgan fingerprint density at radius 2 is 1.94 bits per heavy atom. The minimum atomic E-state index is 0.902. The first-order chi connectivity index (χ1) is 8.34. The molecule has 0 unspecified atom stereocenters. The van der Waals surface area contributed by atoms with E-state index in [2.05, 4.69) is 17.1 Å². The van der Waals surface area contributed by atoms with Gasteiger partial charge in [-0.3, -0.25) is 0 Å². The highest BCUT2D eigenvalue weighted by molar-refractivity contribution is 5.38. The summed E-state index contributed by atoms with van der Waals surface area (Å²) in [5, 5.41) is 3.39. The van der Waals surface area contributed by atoms with Gasteiger partial charge in [0.25, 0.3) is 0 Å². The van der Waals surface area contributed by atoms with Crippen LogP contribution in [0.25, 0.3) is 0 Å². The van der Waals surface area contributed by atoms with E-state index in [9.17, 15) is 0 Å². The van der Waals surface area contributed by atoms with Crippen LogP contribution in [0, 0.1) is 6.92 Å². The number of nitrogens with zero attached hydrogens (tertiary/aromatic N) is 3. The van der Waals surface area contributed by atoms with Crippen molar-refractivity contribution < 1.29 is 0 Å². The van der Waals surface area contributed by atoms with Gasteiger partial charge in [-0.1, -0.05) is 0 Å². The Morgan fingerprint density at radius 3 is 2.76 bits per heavy atom. The van der Waals surface area contributed by atoms with E-state index in [-0.39, 0.29) is 0 Å². The van der Waals surface area contributed by atoms with Crippen LogP contribution in [0.5, 0.6) is 0 Å². The number of anilines is 1. The molecule has 1 aromatic rings. The van der Waals surface area contributed by atoms with Gasteiger partial charge in [-0.25, -0.2) is 9.97 Å². The van der Waals surface area contributed by atoms with E-state index in [1.165, 1.54) is 36.2 Å². The third-order valence-corrected chi connectivity index (χ3v) is 3.77. The van der Waals surface area contributed by atoms with Gasteiger partial charge in [-0.05, 0) is 44.7 Å². The summed E-state index contributed by atoms with van der Waals surface area (Å²) in [7, 11) is 0. The van der Waals surface area contributed by atoms with Gasteiger partial charge in [-0.2, -0.15) is 0 Å². The number of hydrogen-bond donors (Lipinski definition) is 1. The first-order valence-corrected chi connectivity index (χ1v) is 6.66. The third-order valence-electron chi connectivity index (χ3n) is 3.77. The van der Waals surface area contributed by atoms with Crippen molar-refractivity contribution in [3.8, 4) is 0 Å². The van der Waals surface area contributed by atoms with Crippen molar-refractivity contribution in [1.82, 2.24) is 15.3 Å². The zero-order chi connectivity index (χ0) is 11.7. The molecule has 92 valence electrons. The van der Waals surface area contributed by atoms with Crippen LogP contribution in [-0.4, -0.2) is 29.6 Å². The Bertz CT molecular complexity index is 410. The van der Waals surface area contributed by atoms with Crippen LogP contribution in [0.4, 0.5) is 5.95 Å². The van der Waals surface area contributed by atoms with Gasteiger partial charge in [0.15, 0.2) is 0 Å². The van der Waals surface area contributed by atoms with Crippen molar-refractivity contribution >= 4 is 5.95 Å². The summed E-state index contributed by atoms with van der Waals surface area (Å²) in [5.74, 6) is 0.949. The number of nitrogens with one attached hydrogen (secondary N) is 1. The fourth-order valence-electron chi connectivity index (χ4n) is 2.77. The molecule has 1 aromatic heterocycles. The summed E-state index contributed by atoms with van der Waals surface area (Å²) in [6.07, 6.45) is 4.97. The van der Waals surface area contributed by atoms with E-state index < -0.39 is 0 Å². The van der Waals surface area contributed by atoms with Crippen LogP contribution in [0.3, 0.4) is 0 Å². The summed E-state index contributed by atoms with van der Waals surface area (Å²) >= 11 is 0. The van der Waals surface area contributed by atoms with Crippen LogP contribution < -0.4 is 10.2 Å². The Morgan fingerprint density at radius 1 is 1.12 bits per heavy atom. The molecule has 4 heteroatoms. The van der Waals surface area contributed by atoms with E-state index in [0.29, 0.717) is 0 Å². The van der Waals surface area contributed by atoms with Gasteiger partial charge in [0, 0.05) is 25.3 Å². The minimum absolute atomic E-state index is 0.902. The van der Waals surface area contributed by atoms with Crippen molar-refractivity contribution in [2.45, 2.75) is 39.2 Å². The largest absolute Gasteiger partial charge is 0.341 e. The molecular formula is C13H20N4. The molecule has 0 saturated carbocycles. The van der Waals surface area contributed by atoms with Crippen molar-refractivity contribution in [2.24, 2.45) is 0 Å². The van der Waals surface area contributed by atoms with E-state index in [0.717, 1.165) is 38.5 Å². The van der Waals surface area contributed by atoms with Gasteiger partial charge in [0.1, 0.15) is 0 Å². The lowest BCUT2D eigenvalue weighted by Gasteiger charge is -2.28. The maximum Gasteiger partial charge on any atom is 0.225 e. The van der Waals surface area contributed by atoms with Crippen molar-refractivity contribution in [2.75, 3.05) is 24.5 Å². The summed E-state index contributed by atoms with van der Waals surface area (Å²) < 4.78 is 0. The predicted octanol–water partition coefficient (Wildman–Crippen LogP) is 1.42. The zero-order valence-corrected chi connectivity index (χ0v) is 10.5. The topological polar surface area (TPSA) is 41.1 Å². The Kier molecular flexibility index (Phi) is 2.97. The highest BCUT2D eigenvalue weighted by Gasteiger charge is 2.19. The molecule has 0 amide bonds. The second-order valence-electron chi connectivity index (χ2n) is 5.01. The van der Waals surface area contributed by atoms with Crippen molar-refractivity contribution in [3.63, 3.8) is 0 Å². The van der Waals surface area contributed by atoms with Crippen LogP contribution >= 0.6 is 0 Å². The number of aryl methyl sites for hydroxylation is 1. The summed E-state index contributed by atoms with van der Waals surface area (Å²) in [4.78, 5) is 11.8. The molecule has 2 aliphatic heterocycles. The highest BCUT2D eigenvalue weighted by atomic mass is 15.3. The van der Waals surface area contributed by atoms with Crippen LogP contribution in [0.2, 0.25) is 0 Å². The lowest BCUT2D eigenvalue weighted by Crippen LogP contribution is -2.33. The minimum Gasteiger partial charge on any atom is -0.341 e. The number of hydrogen-bond acceptors (Lipinski definition) is 4. The molecular weight excluding hydrogens is 212 g/mol. The molecule has 0 atom stereocenters. The monoisotopic (exact) mass is 232 g/mol. The van der Waals surface area contributed by atoms with Gasteiger partial charge >= 0.3 is 0 Å². The van der Waals surface area contributed by atoms with Crippen LogP contribution in [-0.2, 0) is 13.0 Å². The SMILES string of the molecule is Cc1nc(N2CCCCC2)nc2c1CCNC2.